The summed E-state index contributed by atoms with van der Waals surface area (Å²) in [6.45, 7) is 1.44. The first-order chi connectivity index (χ1) is 17.8. The third kappa shape index (κ3) is 5.81. The summed E-state index contributed by atoms with van der Waals surface area (Å²) in [5.74, 6) is 0.841. The molecule has 4 heterocycles. The number of pyridine rings is 3. The predicted octanol–water partition coefficient (Wildman–Crippen LogP) is 6.18. The van der Waals surface area contributed by atoms with Crippen LogP contribution in [0, 0.1) is 11.8 Å². The maximum Gasteiger partial charge on any atom is 0.223 e. The number of fused-ring (bicyclic) bond motifs is 1. The van der Waals surface area contributed by atoms with Crippen LogP contribution in [-0.4, -0.2) is 25.4 Å². The normalized spacial score (nSPS) is 14.8. The molecule has 1 N–H and O–H groups in total. The number of rotatable bonds is 11. The monoisotopic (exact) mass is 481 g/mol. The number of unbranched alkanes of at least 4 members (excludes halogenated alkanes) is 2. The third-order valence-corrected chi connectivity index (χ3v) is 7.51. The second-order valence-electron chi connectivity index (χ2n) is 9.89. The van der Waals surface area contributed by atoms with Gasteiger partial charge in [-0.3, -0.25) is 14.8 Å². The van der Waals surface area contributed by atoms with Crippen LogP contribution in [0.25, 0.3) is 22.2 Å². The van der Waals surface area contributed by atoms with E-state index in [-0.39, 0.29) is 11.8 Å². The molecule has 186 valence electrons. The molecule has 0 radical (unpaired) electrons. The van der Waals surface area contributed by atoms with Gasteiger partial charge in [0.15, 0.2) is 0 Å². The summed E-state index contributed by atoms with van der Waals surface area (Å²) in [7, 11) is 0. The number of amides is 1. The second kappa shape index (κ2) is 11.9. The molecule has 1 amide bonds. The average molecular weight is 482 g/mol. The lowest BCUT2D eigenvalue weighted by Gasteiger charge is -2.22. The van der Waals surface area contributed by atoms with Gasteiger partial charge in [0.1, 0.15) is 5.65 Å². The number of aryl methyl sites for hydroxylation is 1. The van der Waals surface area contributed by atoms with E-state index in [1.165, 1.54) is 36.6 Å². The second-order valence-corrected chi connectivity index (χ2v) is 9.89. The summed E-state index contributed by atoms with van der Waals surface area (Å²) < 4.78 is 2.28. The fourth-order valence-electron chi connectivity index (χ4n) is 5.63. The van der Waals surface area contributed by atoms with E-state index < -0.39 is 0 Å². The number of hydrogen-bond acceptors (Lipinski definition) is 4. The minimum atomic E-state index is 0.114. The van der Waals surface area contributed by atoms with Crippen LogP contribution in [0.2, 0.25) is 0 Å². The SMILES string of the molecule is O=C(NCc1ccccn1)C(CCCCCn1cc(-c2ccncc2)c2cccnc21)C1CCCC1. The Morgan fingerprint density at radius 3 is 2.58 bits per heavy atom. The average Bonchev–Trinajstić information content (AvgIpc) is 3.59. The molecule has 1 unspecified atom stereocenters. The molecule has 1 saturated carbocycles. The summed E-state index contributed by atoms with van der Waals surface area (Å²) in [5.41, 5.74) is 4.31. The molecule has 6 heteroatoms. The molecule has 0 bridgehead atoms. The maximum absolute atomic E-state index is 13.1. The van der Waals surface area contributed by atoms with Gasteiger partial charge in [-0.15, -0.1) is 0 Å². The first-order valence-corrected chi connectivity index (χ1v) is 13.3. The highest BCUT2D eigenvalue weighted by Gasteiger charge is 2.30. The smallest absolute Gasteiger partial charge is 0.223 e. The highest BCUT2D eigenvalue weighted by Crippen LogP contribution is 2.34. The molecule has 0 saturated heterocycles. The predicted molar refractivity (Wildman–Crippen MR) is 143 cm³/mol. The van der Waals surface area contributed by atoms with Crippen LogP contribution >= 0.6 is 0 Å². The molecule has 36 heavy (non-hydrogen) atoms. The Hall–Kier alpha value is -3.54. The summed E-state index contributed by atoms with van der Waals surface area (Å²) in [6.07, 6.45) is 18.6. The van der Waals surface area contributed by atoms with E-state index in [0.29, 0.717) is 12.5 Å². The van der Waals surface area contributed by atoms with Gasteiger partial charge in [0.05, 0.1) is 12.2 Å². The molecule has 6 nitrogen and oxygen atoms in total. The lowest BCUT2D eigenvalue weighted by atomic mass is 9.85. The van der Waals surface area contributed by atoms with Crippen molar-refractivity contribution in [3.63, 3.8) is 0 Å². The molecular weight excluding hydrogens is 446 g/mol. The Balaban J connectivity index is 1.16. The number of carbonyl (C=O) groups excluding carboxylic acids is 1. The molecule has 5 rings (SSSR count). The number of aromatic nitrogens is 4. The van der Waals surface area contributed by atoms with Crippen LogP contribution in [0.15, 0.2) is 73.4 Å². The fraction of sp³-hybridized carbons (Fsp3) is 0.400. The zero-order valence-electron chi connectivity index (χ0n) is 20.9. The Kier molecular flexibility index (Phi) is 8.01. The molecule has 4 aromatic rings. The summed E-state index contributed by atoms with van der Waals surface area (Å²) in [6, 6.07) is 14.1. The largest absolute Gasteiger partial charge is 0.350 e. The van der Waals surface area contributed by atoms with Crippen molar-refractivity contribution >= 4 is 16.9 Å². The van der Waals surface area contributed by atoms with Crippen LogP contribution in [0.1, 0.15) is 57.1 Å². The van der Waals surface area contributed by atoms with Crippen LogP contribution in [0.4, 0.5) is 0 Å². The van der Waals surface area contributed by atoms with E-state index in [1.54, 1.807) is 6.20 Å². The molecule has 1 atom stereocenters. The van der Waals surface area contributed by atoms with Gasteiger partial charge in [0.25, 0.3) is 0 Å². The summed E-state index contributed by atoms with van der Waals surface area (Å²) >= 11 is 0. The Bertz CT molecular complexity index is 1250. The van der Waals surface area contributed by atoms with Gasteiger partial charge in [-0.05, 0) is 73.6 Å². The first-order valence-electron chi connectivity index (χ1n) is 13.3. The number of hydrogen-bond donors (Lipinski definition) is 1. The van der Waals surface area contributed by atoms with E-state index in [0.717, 1.165) is 49.1 Å². The van der Waals surface area contributed by atoms with Crippen LogP contribution in [-0.2, 0) is 17.9 Å². The van der Waals surface area contributed by atoms with Crippen LogP contribution in [0.3, 0.4) is 0 Å². The van der Waals surface area contributed by atoms with Crippen molar-refractivity contribution in [1.29, 1.82) is 0 Å². The van der Waals surface area contributed by atoms with Crippen molar-refractivity contribution < 1.29 is 4.79 Å². The van der Waals surface area contributed by atoms with Crippen molar-refractivity contribution in [3.8, 4) is 11.1 Å². The van der Waals surface area contributed by atoms with Crippen LogP contribution in [0.5, 0.6) is 0 Å². The van der Waals surface area contributed by atoms with Gasteiger partial charge in [-0.2, -0.15) is 0 Å². The topological polar surface area (TPSA) is 72.7 Å². The van der Waals surface area contributed by atoms with Crippen molar-refractivity contribution in [3.05, 3.63) is 79.1 Å². The van der Waals surface area contributed by atoms with Crippen molar-refractivity contribution in [1.82, 2.24) is 24.8 Å². The lowest BCUT2D eigenvalue weighted by molar-refractivity contribution is -0.127. The number of carbonyl (C=O) groups is 1. The van der Waals surface area contributed by atoms with E-state index in [1.807, 2.05) is 55.0 Å². The highest BCUT2D eigenvalue weighted by molar-refractivity contribution is 5.93. The van der Waals surface area contributed by atoms with Crippen molar-refractivity contribution in [2.75, 3.05) is 0 Å². The fourth-order valence-corrected chi connectivity index (χ4v) is 5.63. The molecule has 1 aliphatic carbocycles. The van der Waals surface area contributed by atoms with Gasteiger partial charge in [-0.25, -0.2) is 4.98 Å². The quantitative estimate of drug-likeness (QED) is 0.260. The molecule has 1 fully saturated rings. The van der Waals surface area contributed by atoms with Crippen LogP contribution < -0.4 is 5.32 Å². The number of nitrogens with zero attached hydrogens (tertiary/aromatic N) is 4. The molecule has 0 aliphatic heterocycles. The molecule has 0 spiro atoms. The molecular formula is C30H35N5O. The zero-order chi connectivity index (χ0) is 24.6. The van der Waals surface area contributed by atoms with Gasteiger partial charge >= 0.3 is 0 Å². The number of nitrogens with one attached hydrogen (secondary N) is 1. The van der Waals surface area contributed by atoms with E-state index in [2.05, 4.69) is 37.1 Å². The Labute approximate surface area is 213 Å². The zero-order valence-corrected chi connectivity index (χ0v) is 20.9. The Morgan fingerprint density at radius 2 is 1.78 bits per heavy atom. The van der Waals surface area contributed by atoms with Crippen molar-refractivity contribution in [2.24, 2.45) is 11.8 Å². The van der Waals surface area contributed by atoms with Gasteiger partial charge in [0.2, 0.25) is 5.91 Å². The highest BCUT2D eigenvalue weighted by atomic mass is 16.1. The Morgan fingerprint density at radius 1 is 0.944 bits per heavy atom. The third-order valence-electron chi connectivity index (χ3n) is 7.51. The van der Waals surface area contributed by atoms with E-state index in [9.17, 15) is 4.79 Å². The maximum atomic E-state index is 13.1. The lowest BCUT2D eigenvalue weighted by Crippen LogP contribution is -2.34. The summed E-state index contributed by atoms with van der Waals surface area (Å²) in [5, 5.41) is 4.34. The van der Waals surface area contributed by atoms with Gasteiger partial charge < -0.3 is 9.88 Å². The van der Waals surface area contributed by atoms with Crippen molar-refractivity contribution in [2.45, 2.75) is 64.5 Å². The summed E-state index contributed by atoms with van der Waals surface area (Å²) in [4.78, 5) is 26.3. The van der Waals surface area contributed by atoms with Gasteiger partial charge in [-0.1, -0.05) is 31.7 Å². The van der Waals surface area contributed by atoms with E-state index >= 15 is 0 Å². The van der Waals surface area contributed by atoms with Gasteiger partial charge in [0, 0.05) is 54.4 Å². The molecule has 4 aromatic heterocycles. The first kappa shape index (κ1) is 24.2. The molecule has 1 aliphatic rings. The van der Waals surface area contributed by atoms with E-state index in [4.69, 9.17) is 0 Å². The standard InChI is InChI=1S/C30H35N5O/c36-30(34-21-25-11-5-6-16-32-25)26(23-9-3-4-10-23)12-2-1-7-20-35-22-28(24-14-18-31-19-15-24)27-13-8-17-33-29(27)35/h5-6,8,11,13-19,22-23,26H,1-4,7,9-10,12,20-21H2,(H,34,36). The minimum Gasteiger partial charge on any atom is -0.350 e. The minimum absolute atomic E-state index is 0.114. The molecule has 0 aromatic carbocycles.